The summed E-state index contributed by atoms with van der Waals surface area (Å²) < 4.78 is 0. The zero-order valence-electron chi connectivity index (χ0n) is 10.9. The molecule has 0 spiro atoms. The molecule has 18 heavy (non-hydrogen) atoms. The van der Waals surface area contributed by atoms with Crippen LogP contribution in [0.15, 0.2) is 24.5 Å². The molecule has 1 aliphatic rings. The van der Waals surface area contributed by atoms with Gasteiger partial charge in [-0.3, -0.25) is 14.7 Å². The van der Waals surface area contributed by atoms with Crippen LogP contribution in [0.5, 0.6) is 0 Å². The average Bonchev–Trinajstić information content (AvgIpc) is 2.38. The monoisotopic (exact) mass is 247 g/mol. The van der Waals surface area contributed by atoms with Crippen LogP contribution in [0, 0.1) is 5.92 Å². The largest absolute Gasteiger partial charge is 0.369 e. The van der Waals surface area contributed by atoms with Gasteiger partial charge >= 0.3 is 0 Å². The maximum absolute atomic E-state index is 11.3. The highest BCUT2D eigenvalue weighted by atomic mass is 16.1. The number of amides is 1. The Morgan fingerprint density at radius 1 is 1.44 bits per heavy atom. The number of hydrogen-bond donors (Lipinski definition) is 1. The van der Waals surface area contributed by atoms with Crippen molar-refractivity contribution in [3.63, 3.8) is 0 Å². The van der Waals surface area contributed by atoms with E-state index < -0.39 is 0 Å². The molecule has 0 radical (unpaired) electrons. The molecule has 1 amide bonds. The van der Waals surface area contributed by atoms with Gasteiger partial charge in [-0.1, -0.05) is 0 Å². The van der Waals surface area contributed by atoms with E-state index in [1.54, 1.807) is 0 Å². The second-order valence-electron chi connectivity index (χ2n) is 5.13. The van der Waals surface area contributed by atoms with Crippen LogP contribution in [0.2, 0.25) is 0 Å². The minimum Gasteiger partial charge on any atom is -0.369 e. The Labute approximate surface area is 108 Å². The summed E-state index contributed by atoms with van der Waals surface area (Å²) in [6, 6.07) is 4.63. The van der Waals surface area contributed by atoms with Crippen LogP contribution in [0.25, 0.3) is 0 Å². The van der Waals surface area contributed by atoms with Gasteiger partial charge in [-0.2, -0.15) is 0 Å². The van der Waals surface area contributed by atoms with Gasteiger partial charge in [0, 0.05) is 31.5 Å². The van der Waals surface area contributed by atoms with E-state index in [1.165, 1.54) is 5.56 Å². The zero-order chi connectivity index (χ0) is 13.0. The Kier molecular flexibility index (Phi) is 4.31. The van der Waals surface area contributed by atoms with E-state index in [9.17, 15) is 4.79 Å². The van der Waals surface area contributed by atoms with E-state index in [1.807, 2.05) is 24.5 Å². The Morgan fingerprint density at radius 3 is 2.83 bits per heavy atom. The highest BCUT2D eigenvalue weighted by molar-refractivity contribution is 5.76. The molecule has 0 aromatic carbocycles. The second-order valence-corrected chi connectivity index (χ2v) is 5.13. The van der Waals surface area contributed by atoms with Crippen LogP contribution >= 0.6 is 0 Å². The number of likely N-dealkylation sites (tertiary alicyclic amines) is 1. The molecule has 98 valence electrons. The minimum atomic E-state index is -0.157. The van der Waals surface area contributed by atoms with Crippen molar-refractivity contribution in [1.82, 2.24) is 9.88 Å². The first-order chi connectivity index (χ1) is 8.66. The number of piperidine rings is 1. The topological polar surface area (TPSA) is 59.2 Å². The third-order valence-electron chi connectivity index (χ3n) is 3.85. The van der Waals surface area contributed by atoms with Gasteiger partial charge in [-0.15, -0.1) is 0 Å². The molecule has 2 heterocycles. The van der Waals surface area contributed by atoms with Crippen molar-refractivity contribution < 1.29 is 4.79 Å². The van der Waals surface area contributed by atoms with Crippen LogP contribution in [0.3, 0.4) is 0 Å². The van der Waals surface area contributed by atoms with E-state index in [0.29, 0.717) is 6.04 Å². The van der Waals surface area contributed by atoms with Crippen molar-refractivity contribution >= 4 is 5.91 Å². The van der Waals surface area contributed by atoms with Gasteiger partial charge in [-0.25, -0.2) is 0 Å². The molecule has 4 nitrogen and oxygen atoms in total. The summed E-state index contributed by atoms with van der Waals surface area (Å²) in [4.78, 5) is 17.7. The van der Waals surface area contributed by atoms with E-state index in [2.05, 4.69) is 16.8 Å². The molecule has 0 saturated carbocycles. The van der Waals surface area contributed by atoms with E-state index in [-0.39, 0.29) is 11.8 Å². The Bertz CT molecular complexity index is 393. The summed E-state index contributed by atoms with van der Waals surface area (Å²) in [6.07, 6.45) is 6.63. The molecule has 0 unspecified atom stereocenters. The first-order valence-corrected chi connectivity index (χ1v) is 6.59. The summed E-state index contributed by atoms with van der Waals surface area (Å²) in [6.45, 7) is 4.01. The zero-order valence-corrected chi connectivity index (χ0v) is 10.9. The Balaban J connectivity index is 1.89. The third-order valence-corrected chi connectivity index (χ3v) is 3.85. The molecule has 1 aromatic rings. The number of nitrogens with two attached hydrogens (primary N) is 1. The van der Waals surface area contributed by atoms with Crippen LogP contribution in [0.4, 0.5) is 0 Å². The highest BCUT2D eigenvalue weighted by Crippen LogP contribution is 2.21. The summed E-state index contributed by atoms with van der Waals surface area (Å²) in [5, 5.41) is 0. The van der Waals surface area contributed by atoms with Gasteiger partial charge in [0.1, 0.15) is 0 Å². The molecule has 0 bridgehead atoms. The van der Waals surface area contributed by atoms with Gasteiger partial charge < -0.3 is 5.73 Å². The third kappa shape index (κ3) is 3.29. The second kappa shape index (κ2) is 5.96. The predicted molar refractivity (Wildman–Crippen MR) is 70.9 cm³/mol. The SMILES string of the molecule is C[C@H]1CC[C@@H](C(N)=O)CN1CCc1ccncc1. The lowest BCUT2D eigenvalue weighted by Crippen LogP contribution is -2.46. The fourth-order valence-corrected chi connectivity index (χ4v) is 2.55. The quantitative estimate of drug-likeness (QED) is 0.870. The first-order valence-electron chi connectivity index (χ1n) is 6.59. The van der Waals surface area contributed by atoms with Crippen molar-refractivity contribution in [3.05, 3.63) is 30.1 Å². The number of nitrogens with zero attached hydrogens (tertiary/aromatic N) is 2. The Hall–Kier alpha value is -1.42. The minimum absolute atomic E-state index is 0.0265. The van der Waals surface area contributed by atoms with Gasteiger partial charge in [0.05, 0.1) is 5.92 Å². The molecular formula is C14H21N3O. The van der Waals surface area contributed by atoms with Gasteiger partial charge in [-0.05, 0) is 43.9 Å². The number of primary amides is 1. The fraction of sp³-hybridized carbons (Fsp3) is 0.571. The number of pyridine rings is 1. The molecule has 0 aliphatic carbocycles. The maximum Gasteiger partial charge on any atom is 0.221 e. The lowest BCUT2D eigenvalue weighted by Gasteiger charge is -2.36. The van der Waals surface area contributed by atoms with Crippen molar-refractivity contribution in [2.24, 2.45) is 11.7 Å². The number of carbonyl (C=O) groups excluding carboxylic acids is 1. The van der Waals surface area contributed by atoms with Gasteiger partial charge in [0.2, 0.25) is 5.91 Å². The average molecular weight is 247 g/mol. The molecule has 2 N–H and O–H groups in total. The molecule has 1 aliphatic heterocycles. The smallest absolute Gasteiger partial charge is 0.221 e. The number of carbonyl (C=O) groups is 1. The van der Waals surface area contributed by atoms with Crippen LogP contribution < -0.4 is 5.73 Å². The lowest BCUT2D eigenvalue weighted by molar-refractivity contribution is -0.123. The molecule has 1 saturated heterocycles. The first kappa shape index (κ1) is 13.0. The normalized spacial score (nSPS) is 24.9. The molecular weight excluding hydrogens is 226 g/mol. The lowest BCUT2D eigenvalue weighted by atomic mass is 9.92. The van der Waals surface area contributed by atoms with Gasteiger partial charge in [0.15, 0.2) is 0 Å². The van der Waals surface area contributed by atoms with Gasteiger partial charge in [0.25, 0.3) is 0 Å². The molecule has 1 fully saturated rings. The van der Waals surface area contributed by atoms with E-state index >= 15 is 0 Å². The molecule has 1 aromatic heterocycles. The Morgan fingerprint density at radius 2 is 2.17 bits per heavy atom. The number of hydrogen-bond acceptors (Lipinski definition) is 3. The van der Waals surface area contributed by atoms with Crippen molar-refractivity contribution in [2.45, 2.75) is 32.2 Å². The maximum atomic E-state index is 11.3. The predicted octanol–water partition coefficient (Wildman–Crippen LogP) is 1.21. The number of aromatic nitrogens is 1. The number of rotatable bonds is 4. The molecule has 2 atom stereocenters. The van der Waals surface area contributed by atoms with Crippen molar-refractivity contribution in [2.75, 3.05) is 13.1 Å². The standard InChI is InChI=1S/C14H21N3O/c1-11-2-3-13(14(15)18)10-17(11)9-6-12-4-7-16-8-5-12/h4-5,7-8,11,13H,2-3,6,9-10H2,1H3,(H2,15,18)/t11-,13+/m0/s1. The molecule has 4 heteroatoms. The summed E-state index contributed by atoms with van der Waals surface area (Å²) >= 11 is 0. The van der Waals surface area contributed by atoms with Crippen LogP contribution in [-0.4, -0.2) is 34.9 Å². The summed E-state index contributed by atoms with van der Waals surface area (Å²) in [5.41, 5.74) is 6.70. The van der Waals surface area contributed by atoms with Crippen LogP contribution in [0.1, 0.15) is 25.3 Å². The van der Waals surface area contributed by atoms with E-state index in [4.69, 9.17) is 5.73 Å². The highest BCUT2D eigenvalue weighted by Gasteiger charge is 2.28. The fourth-order valence-electron chi connectivity index (χ4n) is 2.55. The van der Waals surface area contributed by atoms with Crippen molar-refractivity contribution in [1.29, 1.82) is 0 Å². The van der Waals surface area contributed by atoms with Crippen molar-refractivity contribution in [3.8, 4) is 0 Å². The summed E-state index contributed by atoms with van der Waals surface area (Å²) in [7, 11) is 0. The van der Waals surface area contributed by atoms with E-state index in [0.717, 1.165) is 32.4 Å². The summed E-state index contributed by atoms with van der Waals surface area (Å²) in [5.74, 6) is -0.130. The molecule has 2 rings (SSSR count). The van der Waals surface area contributed by atoms with Crippen LogP contribution in [-0.2, 0) is 11.2 Å².